The normalized spacial score (nSPS) is 10.9. The highest BCUT2D eigenvalue weighted by molar-refractivity contribution is 7.98. The van der Waals surface area contributed by atoms with Crippen molar-refractivity contribution in [3.8, 4) is 0 Å². The third-order valence-corrected chi connectivity index (χ3v) is 5.54. The van der Waals surface area contributed by atoms with E-state index in [2.05, 4.69) is 10.3 Å². The van der Waals surface area contributed by atoms with Crippen molar-refractivity contribution in [2.24, 2.45) is 0 Å². The lowest BCUT2D eigenvalue weighted by molar-refractivity contribution is -0.115. The Morgan fingerprint density at radius 3 is 2.96 bits per heavy atom. The third kappa shape index (κ3) is 3.52. The van der Waals surface area contributed by atoms with Gasteiger partial charge in [-0.3, -0.25) is 14.0 Å². The molecule has 0 saturated heterocycles. The van der Waals surface area contributed by atoms with E-state index in [9.17, 15) is 9.59 Å². The number of carbonyl (C=O) groups excluding carboxylic acids is 1. The van der Waals surface area contributed by atoms with Crippen molar-refractivity contribution in [2.75, 3.05) is 5.32 Å². The lowest BCUT2D eigenvalue weighted by Crippen LogP contribution is -2.14. The number of hydrogen-bond donors (Lipinski definition) is 1. The molecule has 0 aliphatic rings. The number of rotatable bonds is 5. The standard InChI is InChI=1S/C17H17N3O2S2/c1-3-15(21)19-13-6-4-5-7-14(13)23-10-12-8-16(22)20-11(2)9-24-17(20)18-12/h4-9H,3,10H2,1-2H3,(H,19,21). The van der Waals surface area contributed by atoms with E-state index >= 15 is 0 Å². The molecule has 1 N–H and O–H groups in total. The van der Waals surface area contributed by atoms with Crippen LogP contribution in [0.4, 0.5) is 5.69 Å². The summed E-state index contributed by atoms with van der Waals surface area (Å²) in [5.74, 6) is 0.553. The van der Waals surface area contributed by atoms with Crippen LogP contribution in [0.25, 0.3) is 4.96 Å². The number of thiazole rings is 1. The predicted molar refractivity (Wildman–Crippen MR) is 99.0 cm³/mol. The Labute approximate surface area is 147 Å². The van der Waals surface area contributed by atoms with Crippen LogP contribution in [0.5, 0.6) is 0 Å². The van der Waals surface area contributed by atoms with Crippen LogP contribution in [-0.2, 0) is 10.5 Å². The van der Waals surface area contributed by atoms with Crippen LogP contribution in [0.1, 0.15) is 24.7 Å². The van der Waals surface area contributed by atoms with Crippen LogP contribution < -0.4 is 10.9 Å². The molecule has 0 unspecified atom stereocenters. The minimum Gasteiger partial charge on any atom is -0.325 e. The van der Waals surface area contributed by atoms with Gasteiger partial charge in [0, 0.05) is 34.2 Å². The van der Waals surface area contributed by atoms with E-state index in [1.807, 2.05) is 43.5 Å². The lowest BCUT2D eigenvalue weighted by Gasteiger charge is -2.10. The summed E-state index contributed by atoms with van der Waals surface area (Å²) >= 11 is 3.02. The monoisotopic (exact) mass is 359 g/mol. The number of anilines is 1. The molecule has 124 valence electrons. The fourth-order valence-electron chi connectivity index (χ4n) is 2.26. The van der Waals surface area contributed by atoms with Crippen molar-refractivity contribution in [1.82, 2.24) is 9.38 Å². The molecule has 0 aliphatic heterocycles. The predicted octanol–water partition coefficient (Wildman–Crippen LogP) is 3.71. The van der Waals surface area contributed by atoms with Crippen molar-refractivity contribution in [3.05, 3.63) is 57.5 Å². The number of aryl methyl sites for hydroxylation is 1. The van der Waals surface area contributed by atoms with Crippen LogP contribution in [0.15, 0.2) is 45.4 Å². The SMILES string of the molecule is CCC(=O)Nc1ccccc1SCc1cc(=O)n2c(C)csc2n1. The Morgan fingerprint density at radius 1 is 1.38 bits per heavy atom. The van der Waals surface area contributed by atoms with E-state index in [-0.39, 0.29) is 11.5 Å². The highest BCUT2D eigenvalue weighted by Gasteiger charge is 2.09. The van der Waals surface area contributed by atoms with Gasteiger partial charge in [0.25, 0.3) is 5.56 Å². The summed E-state index contributed by atoms with van der Waals surface area (Å²) in [5, 5.41) is 4.82. The molecule has 0 radical (unpaired) electrons. The Balaban J connectivity index is 1.81. The van der Waals surface area contributed by atoms with Crippen molar-refractivity contribution in [1.29, 1.82) is 0 Å². The quantitative estimate of drug-likeness (QED) is 0.706. The van der Waals surface area contributed by atoms with Gasteiger partial charge < -0.3 is 5.32 Å². The molecule has 2 heterocycles. The van der Waals surface area contributed by atoms with Gasteiger partial charge in [0.2, 0.25) is 5.91 Å². The van der Waals surface area contributed by atoms with Gasteiger partial charge >= 0.3 is 0 Å². The first-order valence-corrected chi connectivity index (χ1v) is 9.43. The molecule has 2 aromatic heterocycles. The largest absolute Gasteiger partial charge is 0.325 e. The first kappa shape index (κ1) is 16.7. The van der Waals surface area contributed by atoms with Crippen molar-refractivity contribution in [2.45, 2.75) is 30.9 Å². The number of amides is 1. The molecule has 0 aliphatic carbocycles. The van der Waals surface area contributed by atoms with Gasteiger partial charge in [0.15, 0.2) is 4.96 Å². The van der Waals surface area contributed by atoms with E-state index in [0.29, 0.717) is 17.1 Å². The molecular weight excluding hydrogens is 342 g/mol. The van der Waals surface area contributed by atoms with Crippen molar-refractivity contribution < 1.29 is 4.79 Å². The molecule has 1 aromatic carbocycles. The molecular formula is C17H17N3O2S2. The molecule has 5 nitrogen and oxygen atoms in total. The van der Waals surface area contributed by atoms with Crippen LogP contribution in [0.2, 0.25) is 0 Å². The average molecular weight is 359 g/mol. The van der Waals surface area contributed by atoms with Crippen LogP contribution in [0.3, 0.4) is 0 Å². The van der Waals surface area contributed by atoms with Crippen LogP contribution in [-0.4, -0.2) is 15.3 Å². The number of nitrogens with one attached hydrogen (secondary N) is 1. The minimum absolute atomic E-state index is 0.0186. The summed E-state index contributed by atoms with van der Waals surface area (Å²) in [4.78, 5) is 30.1. The maximum absolute atomic E-state index is 12.2. The van der Waals surface area contributed by atoms with Gasteiger partial charge in [0.05, 0.1) is 11.4 Å². The molecule has 0 fully saturated rings. The molecule has 3 aromatic rings. The van der Waals surface area contributed by atoms with E-state index in [0.717, 1.165) is 22.0 Å². The molecule has 0 spiro atoms. The van der Waals surface area contributed by atoms with Gasteiger partial charge in [-0.05, 0) is 19.1 Å². The second kappa shape index (κ2) is 7.19. The Hall–Kier alpha value is -2.12. The van der Waals surface area contributed by atoms with Crippen LogP contribution >= 0.6 is 23.1 Å². The van der Waals surface area contributed by atoms with Crippen LogP contribution in [0, 0.1) is 6.92 Å². The summed E-state index contributed by atoms with van der Waals surface area (Å²) in [6, 6.07) is 9.23. The van der Waals surface area contributed by atoms with E-state index in [4.69, 9.17) is 0 Å². The zero-order valence-electron chi connectivity index (χ0n) is 13.4. The molecule has 0 saturated carbocycles. The number of fused-ring (bicyclic) bond motifs is 1. The smallest absolute Gasteiger partial charge is 0.258 e. The molecule has 1 amide bonds. The topological polar surface area (TPSA) is 63.5 Å². The fraction of sp³-hybridized carbons (Fsp3) is 0.235. The summed E-state index contributed by atoms with van der Waals surface area (Å²) in [7, 11) is 0. The number of carbonyl (C=O) groups is 1. The van der Waals surface area contributed by atoms with Crippen molar-refractivity contribution >= 4 is 39.7 Å². The van der Waals surface area contributed by atoms with Gasteiger partial charge in [-0.15, -0.1) is 23.1 Å². The average Bonchev–Trinajstić information content (AvgIpc) is 2.95. The number of thioether (sulfide) groups is 1. The zero-order valence-corrected chi connectivity index (χ0v) is 15.0. The summed E-state index contributed by atoms with van der Waals surface area (Å²) in [6.45, 7) is 3.72. The van der Waals surface area contributed by atoms with E-state index in [1.54, 1.807) is 22.2 Å². The number of aromatic nitrogens is 2. The molecule has 3 rings (SSSR count). The maximum Gasteiger partial charge on any atom is 0.258 e. The van der Waals surface area contributed by atoms with Gasteiger partial charge in [-0.25, -0.2) is 4.98 Å². The number of nitrogens with zero attached hydrogens (tertiary/aromatic N) is 2. The number of hydrogen-bond acceptors (Lipinski definition) is 5. The summed E-state index contributed by atoms with van der Waals surface area (Å²) < 4.78 is 1.62. The summed E-state index contributed by atoms with van der Waals surface area (Å²) in [6.07, 6.45) is 0.436. The first-order valence-electron chi connectivity index (χ1n) is 7.57. The lowest BCUT2D eigenvalue weighted by atomic mass is 10.3. The summed E-state index contributed by atoms with van der Waals surface area (Å²) in [5.41, 5.74) is 2.38. The molecule has 0 bridgehead atoms. The molecule has 24 heavy (non-hydrogen) atoms. The minimum atomic E-state index is -0.0538. The number of para-hydroxylation sites is 1. The Kier molecular flexibility index (Phi) is 5.01. The third-order valence-electron chi connectivity index (χ3n) is 3.49. The Bertz CT molecular complexity index is 946. The fourth-order valence-corrected chi connectivity index (χ4v) is 4.05. The molecule has 7 heteroatoms. The Morgan fingerprint density at radius 2 is 2.17 bits per heavy atom. The second-order valence-electron chi connectivity index (χ2n) is 5.27. The van der Waals surface area contributed by atoms with Gasteiger partial charge in [-0.2, -0.15) is 0 Å². The van der Waals surface area contributed by atoms with E-state index < -0.39 is 0 Å². The second-order valence-corrected chi connectivity index (χ2v) is 7.12. The van der Waals surface area contributed by atoms with Gasteiger partial charge in [0.1, 0.15) is 0 Å². The maximum atomic E-state index is 12.2. The highest BCUT2D eigenvalue weighted by atomic mass is 32.2. The van der Waals surface area contributed by atoms with Crippen molar-refractivity contribution in [3.63, 3.8) is 0 Å². The number of benzene rings is 1. The van der Waals surface area contributed by atoms with Gasteiger partial charge in [-0.1, -0.05) is 19.1 Å². The van der Waals surface area contributed by atoms with E-state index in [1.165, 1.54) is 11.3 Å². The first-order chi connectivity index (χ1) is 11.6. The highest BCUT2D eigenvalue weighted by Crippen LogP contribution is 2.29. The molecule has 0 atom stereocenters. The zero-order chi connectivity index (χ0) is 17.1.